The second-order valence-electron chi connectivity index (χ2n) is 2.40. The molecule has 11 heavy (non-hydrogen) atoms. The molecule has 0 aliphatic carbocycles. The summed E-state index contributed by atoms with van der Waals surface area (Å²) in [4.78, 5) is 6.11. The molecule has 0 spiro atoms. The molecule has 0 radical (unpaired) electrons. The van der Waals surface area contributed by atoms with Gasteiger partial charge in [-0.05, 0) is 25.3 Å². The first-order valence-corrected chi connectivity index (χ1v) is 3.52. The molecular formula is C9H12N2. The molecule has 0 unspecified atom stereocenters. The van der Waals surface area contributed by atoms with Crippen molar-refractivity contribution >= 4 is 5.69 Å². The molecule has 1 aromatic rings. The number of hydrogen-bond acceptors (Lipinski definition) is 2. The zero-order valence-electron chi connectivity index (χ0n) is 6.91. The lowest BCUT2D eigenvalue weighted by molar-refractivity contribution is 1.12. The van der Waals surface area contributed by atoms with Crippen LogP contribution in [-0.2, 0) is 0 Å². The molecule has 0 N–H and O–H groups in total. The normalized spacial score (nSPS) is 9.27. The summed E-state index contributed by atoms with van der Waals surface area (Å²) in [6.45, 7) is 5.66. The Labute approximate surface area is 67.2 Å². The number of aryl methyl sites for hydroxylation is 1. The molecular weight excluding hydrogens is 136 g/mol. The smallest absolute Gasteiger partial charge is 0.0619 e. The molecule has 2 nitrogen and oxygen atoms in total. The Morgan fingerprint density at radius 3 is 2.91 bits per heavy atom. The van der Waals surface area contributed by atoms with E-state index in [0.29, 0.717) is 0 Å². The van der Waals surface area contributed by atoms with Crippen LogP contribution in [0.3, 0.4) is 0 Å². The topological polar surface area (TPSA) is 16.1 Å². The maximum atomic E-state index is 4.16. The number of aromatic nitrogens is 1. The predicted octanol–water partition coefficient (Wildman–Crippen LogP) is 1.97. The second kappa shape index (κ2) is 3.19. The van der Waals surface area contributed by atoms with Gasteiger partial charge in [-0.25, -0.2) is 0 Å². The Morgan fingerprint density at radius 2 is 2.36 bits per heavy atom. The molecule has 0 fully saturated rings. The van der Waals surface area contributed by atoms with Crippen molar-refractivity contribution in [2.24, 2.45) is 0 Å². The molecule has 1 heterocycles. The minimum Gasteiger partial charge on any atom is -0.350 e. The van der Waals surface area contributed by atoms with E-state index < -0.39 is 0 Å². The van der Waals surface area contributed by atoms with E-state index in [-0.39, 0.29) is 0 Å². The molecule has 0 aliphatic heterocycles. The summed E-state index contributed by atoms with van der Waals surface area (Å²) in [5, 5.41) is 0. The summed E-state index contributed by atoms with van der Waals surface area (Å²) < 4.78 is 0. The van der Waals surface area contributed by atoms with Crippen LogP contribution in [0.2, 0.25) is 0 Å². The fourth-order valence-electron chi connectivity index (χ4n) is 0.947. The van der Waals surface area contributed by atoms with Crippen LogP contribution < -0.4 is 4.90 Å². The van der Waals surface area contributed by atoms with Crippen molar-refractivity contribution in [2.75, 3.05) is 11.9 Å². The van der Waals surface area contributed by atoms with Gasteiger partial charge in [-0.3, -0.25) is 4.98 Å². The van der Waals surface area contributed by atoms with Gasteiger partial charge in [0, 0.05) is 13.2 Å². The summed E-state index contributed by atoms with van der Waals surface area (Å²) in [7, 11) is 1.96. The van der Waals surface area contributed by atoms with Gasteiger partial charge in [-0.1, -0.05) is 6.58 Å². The molecule has 2 heteroatoms. The van der Waals surface area contributed by atoms with Gasteiger partial charge in [0.15, 0.2) is 0 Å². The van der Waals surface area contributed by atoms with Crippen molar-refractivity contribution in [1.82, 2.24) is 4.98 Å². The van der Waals surface area contributed by atoms with Crippen molar-refractivity contribution in [1.29, 1.82) is 0 Å². The van der Waals surface area contributed by atoms with Gasteiger partial charge in [0.2, 0.25) is 0 Å². The van der Waals surface area contributed by atoms with Crippen LogP contribution in [0.25, 0.3) is 0 Å². The first kappa shape index (κ1) is 7.79. The van der Waals surface area contributed by atoms with Crippen LogP contribution in [0.4, 0.5) is 5.69 Å². The van der Waals surface area contributed by atoms with Gasteiger partial charge in [-0.15, -0.1) is 0 Å². The lowest BCUT2D eigenvalue weighted by atomic mass is 10.3. The van der Waals surface area contributed by atoms with Crippen LogP contribution in [0.5, 0.6) is 0 Å². The minimum absolute atomic E-state index is 1.02. The Bertz CT molecular complexity index is 255. The summed E-state index contributed by atoms with van der Waals surface area (Å²) >= 11 is 0. The van der Waals surface area contributed by atoms with Crippen molar-refractivity contribution in [3.63, 3.8) is 0 Å². The quantitative estimate of drug-likeness (QED) is 0.637. The van der Waals surface area contributed by atoms with Gasteiger partial charge in [-0.2, -0.15) is 0 Å². The van der Waals surface area contributed by atoms with E-state index in [4.69, 9.17) is 0 Å². The highest BCUT2D eigenvalue weighted by atomic mass is 15.1. The molecule has 0 saturated heterocycles. The number of hydrogen-bond donors (Lipinski definition) is 0. The predicted molar refractivity (Wildman–Crippen MR) is 47.6 cm³/mol. The standard InChI is InChI=1S/C9H12N2/c1-4-11(3)9-6-5-7-10-8(9)2/h4-7H,1H2,2-3H3. The Hall–Kier alpha value is -1.31. The van der Waals surface area contributed by atoms with E-state index in [1.165, 1.54) is 0 Å². The Morgan fingerprint density at radius 1 is 1.64 bits per heavy atom. The third-order valence-corrected chi connectivity index (χ3v) is 1.63. The first-order chi connectivity index (χ1) is 5.25. The van der Waals surface area contributed by atoms with E-state index in [0.717, 1.165) is 11.4 Å². The first-order valence-electron chi connectivity index (χ1n) is 3.52. The molecule has 0 saturated carbocycles. The average molecular weight is 148 g/mol. The van der Waals surface area contributed by atoms with E-state index in [1.807, 2.05) is 31.0 Å². The van der Waals surface area contributed by atoms with E-state index in [1.54, 1.807) is 12.4 Å². The van der Waals surface area contributed by atoms with Crippen molar-refractivity contribution < 1.29 is 0 Å². The summed E-state index contributed by atoms with van der Waals surface area (Å²) in [6, 6.07) is 3.94. The average Bonchev–Trinajstić information content (AvgIpc) is 2.04. The molecule has 1 aromatic heterocycles. The van der Waals surface area contributed by atoms with Crippen molar-refractivity contribution in [3.05, 3.63) is 36.8 Å². The summed E-state index contributed by atoms with van der Waals surface area (Å²) in [5.41, 5.74) is 2.12. The van der Waals surface area contributed by atoms with Crippen LogP contribution in [-0.4, -0.2) is 12.0 Å². The maximum absolute atomic E-state index is 4.16. The zero-order chi connectivity index (χ0) is 8.27. The highest BCUT2D eigenvalue weighted by Crippen LogP contribution is 2.14. The van der Waals surface area contributed by atoms with Gasteiger partial charge in [0.05, 0.1) is 11.4 Å². The Kier molecular flexibility index (Phi) is 2.26. The van der Waals surface area contributed by atoms with Crippen molar-refractivity contribution in [3.8, 4) is 0 Å². The van der Waals surface area contributed by atoms with Crippen LogP contribution in [0.15, 0.2) is 31.1 Å². The van der Waals surface area contributed by atoms with Gasteiger partial charge in [0.1, 0.15) is 0 Å². The van der Waals surface area contributed by atoms with Crippen LogP contribution in [0, 0.1) is 6.92 Å². The third-order valence-electron chi connectivity index (χ3n) is 1.63. The lowest BCUT2D eigenvalue weighted by Gasteiger charge is -2.14. The summed E-state index contributed by atoms with van der Waals surface area (Å²) in [6.07, 6.45) is 3.56. The lowest BCUT2D eigenvalue weighted by Crippen LogP contribution is -2.08. The fraction of sp³-hybridized carbons (Fsp3) is 0.222. The second-order valence-corrected chi connectivity index (χ2v) is 2.40. The number of pyridine rings is 1. The van der Waals surface area contributed by atoms with Crippen LogP contribution in [0.1, 0.15) is 5.69 Å². The molecule has 0 bridgehead atoms. The van der Waals surface area contributed by atoms with Gasteiger partial charge in [0.25, 0.3) is 0 Å². The summed E-state index contributed by atoms with van der Waals surface area (Å²) in [5.74, 6) is 0. The SMILES string of the molecule is C=CN(C)c1cccnc1C. The molecule has 0 aliphatic rings. The molecule has 0 aromatic carbocycles. The molecule has 58 valence electrons. The molecule has 0 atom stereocenters. The number of nitrogens with zero attached hydrogens (tertiary/aromatic N) is 2. The highest BCUT2D eigenvalue weighted by Gasteiger charge is 1.98. The molecule has 1 rings (SSSR count). The fourth-order valence-corrected chi connectivity index (χ4v) is 0.947. The number of rotatable bonds is 2. The number of anilines is 1. The Balaban J connectivity index is 3.02. The van der Waals surface area contributed by atoms with E-state index in [9.17, 15) is 0 Å². The van der Waals surface area contributed by atoms with Crippen molar-refractivity contribution in [2.45, 2.75) is 6.92 Å². The molecule has 0 amide bonds. The largest absolute Gasteiger partial charge is 0.350 e. The van der Waals surface area contributed by atoms with Gasteiger partial charge < -0.3 is 4.90 Å². The van der Waals surface area contributed by atoms with E-state index in [2.05, 4.69) is 11.6 Å². The van der Waals surface area contributed by atoms with Gasteiger partial charge >= 0.3 is 0 Å². The highest BCUT2D eigenvalue weighted by molar-refractivity contribution is 5.50. The van der Waals surface area contributed by atoms with Crippen LogP contribution >= 0.6 is 0 Å². The zero-order valence-corrected chi connectivity index (χ0v) is 6.91. The third kappa shape index (κ3) is 1.58. The monoisotopic (exact) mass is 148 g/mol. The maximum Gasteiger partial charge on any atom is 0.0619 e. The minimum atomic E-state index is 1.02. The van der Waals surface area contributed by atoms with E-state index >= 15 is 0 Å².